The van der Waals surface area contributed by atoms with Gasteiger partial charge in [-0.25, -0.2) is 13.6 Å². The molecule has 0 aliphatic heterocycles. The van der Waals surface area contributed by atoms with Gasteiger partial charge in [0.15, 0.2) is 0 Å². The standard InChI is InChI=1S/C15H24N2O3S/c1-6-14(9(2)3)17-15(18)13-8-12(21(16,19)20)7-10(4)11(13)5/h7-9,14H,6H2,1-5H3,(H,17,18)(H2,16,19,20). The van der Waals surface area contributed by atoms with Crippen LogP contribution in [0.25, 0.3) is 0 Å². The van der Waals surface area contributed by atoms with Crippen LogP contribution in [0, 0.1) is 19.8 Å². The number of hydrogen-bond acceptors (Lipinski definition) is 3. The molecule has 0 radical (unpaired) electrons. The molecule has 21 heavy (non-hydrogen) atoms. The Labute approximate surface area is 127 Å². The van der Waals surface area contributed by atoms with E-state index in [0.717, 1.165) is 17.5 Å². The van der Waals surface area contributed by atoms with E-state index in [0.29, 0.717) is 11.5 Å². The summed E-state index contributed by atoms with van der Waals surface area (Å²) in [7, 11) is -3.83. The number of benzene rings is 1. The summed E-state index contributed by atoms with van der Waals surface area (Å²) < 4.78 is 23.0. The first-order valence-corrected chi connectivity index (χ1v) is 8.57. The van der Waals surface area contributed by atoms with Crippen LogP contribution in [0.5, 0.6) is 0 Å². The lowest BCUT2D eigenvalue weighted by Gasteiger charge is -2.21. The van der Waals surface area contributed by atoms with E-state index < -0.39 is 10.0 Å². The summed E-state index contributed by atoms with van der Waals surface area (Å²) in [5.74, 6) is 0.0448. The van der Waals surface area contributed by atoms with Gasteiger partial charge in [-0.05, 0) is 49.4 Å². The molecule has 0 bridgehead atoms. The Morgan fingerprint density at radius 2 is 1.86 bits per heavy atom. The number of hydrogen-bond donors (Lipinski definition) is 2. The van der Waals surface area contributed by atoms with Gasteiger partial charge in [0.2, 0.25) is 10.0 Å². The lowest BCUT2D eigenvalue weighted by molar-refractivity contribution is 0.0923. The van der Waals surface area contributed by atoms with Crippen LogP contribution in [0.1, 0.15) is 48.7 Å². The van der Waals surface area contributed by atoms with Crippen molar-refractivity contribution >= 4 is 15.9 Å². The highest BCUT2D eigenvalue weighted by Gasteiger charge is 2.20. The molecule has 1 atom stereocenters. The minimum absolute atomic E-state index is 0.0339. The van der Waals surface area contributed by atoms with Crippen molar-refractivity contribution < 1.29 is 13.2 Å². The van der Waals surface area contributed by atoms with Crippen molar-refractivity contribution in [2.75, 3.05) is 0 Å². The van der Waals surface area contributed by atoms with Crippen molar-refractivity contribution in [2.45, 2.75) is 52.0 Å². The minimum atomic E-state index is -3.83. The fourth-order valence-electron chi connectivity index (χ4n) is 2.21. The van der Waals surface area contributed by atoms with Crippen LogP contribution in [-0.4, -0.2) is 20.4 Å². The molecule has 1 aromatic rings. The zero-order valence-electron chi connectivity index (χ0n) is 13.2. The normalized spacial score (nSPS) is 13.3. The zero-order valence-corrected chi connectivity index (χ0v) is 14.0. The van der Waals surface area contributed by atoms with Gasteiger partial charge in [0, 0.05) is 11.6 Å². The molecule has 0 aliphatic rings. The van der Waals surface area contributed by atoms with E-state index in [4.69, 9.17) is 5.14 Å². The van der Waals surface area contributed by atoms with Crippen LogP contribution in [0.15, 0.2) is 17.0 Å². The zero-order chi connectivity index (χ0) is 16.4. The monoisotopic (exact) mass is 312 g/mol. The van der Waals surface area contributed by atoms with Crippen molar-refractivity contribution in [3.8, 4) is 0 Å². The maximum Gasteiger partial charge on any atom is 0.251 e. The molecule has 0 aliphatic carbocycles. The number of carbonyl (C=O) groups is 1. The first-order chi connectivity index (χ1) is 9.57. The first kappa shape index (κ1) is 17.7. The molecule has 1 rings (SSSR count). The van der Waals surface area contributed by atoms with Crippen molar-refractivity contribution in [3.05, 3.63) is 28.8 Å². The van der Waals surface area contributed by atoms with Crippen LogP contribution in [-0.2, 0) is 10.0 Å². The second kappa shape index (κ2) is 6.58. The largest absolute Gasteiger partial charge is 0.349 e. The van der Waals surface area contributed by atoms with E-state index in [9.17, 15) is 13.2 Å². The lowest BCUT2D eigenvalue weighted by atomic mass is 9.99. The summed E-state index contributed by atoms with van der Waals surface area (Å²) in [5, 5.41) is 8.12. The number of rotatable bonds is 5. The Morgan fingerprint density at radius 1 is 1.29 bits per heavy atom. The summed E-state index contributed by atoms with van der Waals surface area (Å²) in [6.45, 7) is 9.64. The van der Waals surface area contributed by atoms with E-state index in [1.54, 1.807) is 13.8 Å². The van der Waals surface area contributed by atoms with Gasteiger partial charge in [-0.2, -0.15) is 0 Å². The topological polar surface area (TPSA) is 89.3 Å². The van der Waals surface area contributed by atoms with E-state index in [1.807, 2.05) is 20.8 Å². The second-order valence-electron chi connectivity index (χ2n) is 5.69. The van der Waals surface area contributed by atoms with E-state index in [2.05, 4.69) is 5.32 Å². The molecule has 0 heterocycles. The third-order valence-electron chi connectivity index (χ3n) is 3.78. The van der Waals surface area contributed by atoms with Crippen molar-refractivity contribution in [3.63, 3.8) is 0 Å². The smallest absolute Gasteiger partial charge is 0.251 e. The third-order valence-corrected chi connectivity index (χ3v) is 4.67. The summed E-state index contributed by atoms with van der Waals surface area (Å²) in [4.78, 5) is 12.4. The highest BCUT2D eigenvalue weighted by Crippen LogP contribution is 2.20. The summed E-state index contributed by atoms with van der Waals surface area (Å²) in [6, 6.07) is 2.89. The molecule has 1 aromatic carbocycles. The molecule has 6 heteroatoms. The first-order valence-electron chi connectivity index (χ1n) is 7.02. The van der Waals surface area contributed by atoms with Crippen LogP contribution >= 0.6 is 0 Å². The Morgan fingerprint density at radius 3 is 2.29 bits per heavy atom. The molecule has 118 valence electrons. The average Bonchev–Trinajstić information content (AvgIpc) is 2.36. The summed E-state index contributed by atoms with van der Waals surface area (Å²) in [6.07, 6.45) is 0.816. The van der Waals surface area contributed by atoms with Gasteiger partial charge < -0.3 is 5.32 Å². The fourth-order valence-corrected chi connectivity index (χ4v) is 2.84. The molecule has 1 amide bonds. The lowest BCUT2D eigenvalue weighted by Crippen LogP contribution is -2.38. The molecule has 3 N–H and O–H groups in total. The van der Waals surface area contributed by atoms with Crippen LogP contribution < -0.4 is 10.5 Å². The van der Waals surface area contributed by atoms with Crippen LogP contribution in [0.4, 0.5) is 0 Å². The van der Waals surface area contributed by atoms with Crippen molar-refractivity contribution in [2.24, 2.45) is 11.1 Å². The summed E-state index contributed by atoms with van der Waals surface area (Å²) >= 11 is 0. The Hall–Kier alpha value is -1.40. The predicted octanol–water partition coefficient (Wildman–Crippen LogP) is 2.12. The van der Waals surface area contributed by atoms with Gasteiger partial charge in [0.25, 0.3) is 5.91 Å². The van der Waals surface area contributed by atoms with Gasteiger partial charge in [0.05, 0.1) is 4.90 Å². The number of primary sulfonamides is 1. The van der Waals surface area contributed by atoms with Gasteiger partial charge in [0.1, 0.15) is 0 Å². The maximum atomic E-state index is 12.4. The maximum absolute atomic E-state index is 12.4. The molecule has 1 unspecified atom stereocenters. The Kier molecular flexibility index (Phi) is 5.53. The predicted molar refractivity (Wildman–Crippen MR) is 83.7 cm³/mol. The van der Waals surface area contributed by atoms with Gasteiger partial charge in [-0.1, -0.05) is 20.8 Å². The summed E-state index contributed by atoms with van der Waals surface area (Å²) in [5.41, 5.74) is 1.85. The van der Waals surface area contributed by atoms with Crippen LogP contribution in [0.3, 0.4) is 0 Å². The number of nitrogens with two attached hydrogens (primary N) is 1. The number of carbonyl (C=O) groups excluding carboxylic acids is 1. The molecule has 5 nitrogen and oxygen atoms in total. The van der Waals surface area contributed by atoms with E-state index in [-0.39, 0.29) is 16.8 Å². The van der Waals surface area contributed by atoms with Gasteiger partial charge in [-0.15, -0.1) is 0 Å². The van der Waals surface area contributed by atoms with Gasteiger partial charge >= 0.3 is 0 Å². The third kappa shape index (κ3) is 4.28. The highest BCUT2D eigenvalue weighted by atomic mass is 32.2. The number of nitrogens with one attached hydrogen (secondary N) is 1. The number of sulfonamides is 1. The molecule has 0 spiro atoms. The minimum Gasteiger partial charge on any atom is -0.349 e. The highest BCUT2D eigenvalue weighted by molar-refractivity contribution is 7.89. The van der Waals surface area contributed by atoms with Crippen molar-refractivity contribution in [1.82, 2.24) is 5.32 Å². The molecule has 0 saturated heterocycles. The van der Waals surface area contributed by atoms with E-state index >= 15 is 0 Å². The molecular formula is C15H24N2O3S. The Bertz CT molecular complexity index is 637. The number of aryl methyl sites for hydroxylation is 1. The fraction of sp³-hybridized carbons (Fsp3) is 0.533. The average molecular weight is 312 g/mol. The molecule has 0 fully saturated rings. The quantitative estimate of drug-likeness (QED) is 0.872. The Balaban J connectivity index is 3.24. The van der Waals surface area contributed by atoms with E-state index in [1.165, 1.54) is 12.1 Å². The molecular weight excluding hydrogens is 288 g/mol. The SMILES string of the molecule is CCC(NC(=O)c1cc(S(N)(=O)=O)cc(C)c1C)C(C)C. The second-order valence-corrected chi connectivity index (χ2v) is 7.25. The van der Waals surface area contributed by atoms with Crippen molar-refractivity contribution in [1.29, 1.82) is 0 Å². The van der Waals surface area contributed by atoms with Gasteiger partial charge in [-0.3, -0.25) is 4.79 Å². The molecule has 0 aromatic heterocycles. The van der Waals surface area contributed by atoms with Crippen LogP contribution in [0.2, 0.25) is 0 Å². The number of amides is 1. The molecule has 0 saturated carbocycles.